The van der Waals surface area contributed by atoms with E-state index in [0.717, 1.165) is 16.8 Å². The fourth-order valence-corrected chi connectivity index (χ4v) is 3.70. The van der Waals surface area contributed by atoms with Crippen molar-refractivity contribution in [3.63, 3.8) is 0 Å². The zero-order valence-electron chi connectivity index (χ0n) is 16.0. The molecular formula is C20H19N5O4S. The molecule has 4 aromatic rings. The van der Waals surface area contributed by atoms with Gasteiger partial charge in [-0.3, -0.25) is 4.40 Å². The van der Waals surface area contributed by atoms with Gasteiger partial charge in [0.1, 0.15) is 0 Å². The fraction of sp³-hybridized carbons (Fsp3) is 0.100. The lowest BCUT2D eigenvalue weighted by molar-refractivity contribution is 0.373. The Hall–Kier alpha value is -3.63. The van der Waals surface area contributed by atoms with Crippen LogP contribution in [0.15, 0.2) is 66.0 Å². The number of primary sulfonamides is 1. The van der Waals surface area contributed by atoms with E-state index in [1.165, 1.54) is 19.2 Å². The monoisotopic (exact) mass is 425 g/mol. The van der Waals surface area contributed by atoms with Gasteiger partial charge in [-0.15, -0.1) is 0 Å². The minimum atomic E-state index is -3.77. The number of ether oxygens (including phenoxy) is 1. The fourth-order valence-electron chi connectivity index (χ4n) is 3.11. The molecular weight excluding hydrogens is 406 g/mol. The zero-order chi connectivity index (χ0) is 21.3. The third-order valence-corrected chi connectivity index (χ3v) is 5.50. The van der Waals surface area contributed by atoms with E-state index in [-0.39, 0.29) is 10.6 Å². The van der Waals surface area contributed by atoms with Crippen molar-refractivity contribution in [2.75, 3.05) is 12.4 Å². The Kier molecular flexibility index (Phi) is 5.02. The summed E-state index contributed by atoms with van der Waals surface area (Å²) in [6.45, 7) is 0.339. The van der Waals surface area contributed by atoms with E-state index in [9.17, 15) is 13.5 Å². The molecule has 4 N–H and O–H groups in total. The van der Waals surface area contributed by atoms with Gasteiger partial charge in [0, 0.05) is 24.5 Å². The molecule has 9 nitrogen and oxygen atoms in total. The van der Waals surface area contributed by atoms with Gasteiger partial charge in [0.2, 0.25) is 10.0 Å². The first-order valence-electron chi connectivity index (χ1n) is 8.92. The Labute approximate surface area is 172 Å². The Morgan fingerprint density at radius 2 is 2.03 bits per heavy atom. The predicted molar refractivity (Wildman–Crippen MR) is 112 cm³/mol. The van der Waals surface area contributed by atoms with E-state index in [1.807, 2.05) is 4.40 Å². The first-order chi connectivity index (χ1) is 14.4. The summed E-state index contributed by atoms with van der Waals surface area (Å²) in [7, 11) is -2.28. The van der Waals surface area contributed by atoms with Crippen molar-refractivity contribution in [2.24, 2.45) is 5.14 Å². The Morgan fingerprint density at radius 3 is 2.80 bits per heavy atom. The first-order valence-corrected chi connectivity index (χ1v) is 10.5. The van der Waals surface area contributed by atoms with Crippen molar-refractivity contribution in [3.8, 4) is 22.8 Å². The number of nitrogens with two attached hydrogens (primary N) is 1. The molecule has 0 fully saturated rings. The van der Waals surface area contributed by atoms with Crippen LogP contribution in [0.25, 0.3) is 16.9 Å². The van der Waals surface area contributed by atoms with E-state index in [1.54, 1.807) is 48.9 Å². The van der Waals surface area contributed by atoms with Crippen molar-refractivity contribution in [1.82, 2.24) is 14.4 Å². The zero-order valence-corrected chi connectivity index (χ0v) is 16.8. The molecule has 0 unspecified atom stereocenters. The van der Waals surface area contributed by atoms with Gasteiger partial charge in [0.25, 0.3) is 0 Å². The van der Waals surface area contributed by atoms with Crippen LogP contribution < -0.4 is 15.2 Å². The molecule has 0 saturated carbocycles. The summed E-state index contributed by atoms with van der Waals surface area (Å²) < 4.78 is 30.1. The highest BCUT2D eigenvalue weighted by molar-refractivity contribution is 7.89. The molecule has 0 amide bonds. The van der Waals surface area contributed by atoms with E-state index in [2.05, 4.69) is 15.3 Å². The van der Waals surface area contributed by atoms with Crippen LogP contribution in [-0.4, -0.2) is 35.0 Å². The normalized spacial score (nSPS) is 11.5. The van der Waals surface area contributed by atoms with Gasteiger partial charge in [-0.2, -0.15) is 0 Å². The number of imidazole rings is 1. The van der Waals surface area contributed by atoms with Crippen LogP contribution >= 0.6 is 0 Å². The topological polar surface area (TPSA) is 132 Å². The summed E-state index contributed by atoms with van der Waals surface area (Å²) in [6.07, 6.45) is 5.12. The standard InChI is InChI=1S/C20H19N5O4S/c1-29-18-10-14(5-6-17(18)26)16-12-24-20-19(22-7-8-25(16)20)23-11-13-3-2-4-15(9-13)30(21,27)28/h2-10,12,26H,11H2,1H3,(H,22,23)(H2,21,27,28). The number of sulfonamides is 1. The molecule has 154 valence electrons. The number of fused-ring (bicyclic) bond motifs is 1. The largest absolute Gasteiger partial charge is 0.504 e. The second-order valence-electron chi connectivity index (χ2n) is 6.55. The number of anilines is 1. The number of nitrogens with one attached hydrogen (secondary N) is 1. The highest BCUT2D eigenvalue weighted by Gasteiger charge is 2.13. The summed E-state index contributed by atoms with van der Waals surface area (Å²) in [5.41, 5.74) is 2.95. The number of methoxy groups -OCH3 is 1. The summed E-state index contributed by atoms with van der Waals surface area (Å²) in [4.78, 5) is 8.86. The number of aromatic nitrogens is 3. The number of rotatable bonds is 6. The maximum absolute atomic E-state index is 11.5. The van der Waals surface area contributed by atoms with Gasteiger partial charge in [0.05, 0.1) is 23.9 Å². The number of nitrogens with zero attached hydrogens (tertiary/aromatic N) is 3. The summed E-state index contributed by atoms with van der Waals surface area (Å²) in [6, 6.07) is 11.5. The summed E-state index contributed by atoms with van der Waals surface area (Å²) in [5, 5.41) is 18.2. The third kappa shape index (κ3) is 3.78. The third-order valence-electron chi connectivity index (χ3n) is 4.59. The van der Waals surface area contributed by atoms with Crippen LogP contribution in [0.2, 0.25) is 0 Å². The lowest BCUT2D eigenvalue weighted by Crippen LogP contribution is -2.12. The lowest BCUT2D eigenvalue weighted by atomic mass is 10.1. The summed E-state index contributed by atoms with van der Waals surface area (Å²) in [5.74, 6) is 0.959. The van der Waals surface area contributed by atoms with Gasteiger partial charge >= 0.3 is 0 Å². The molecule has 2 aromatic heterocycles. The molecule has 0 aliphatic rings. The van der Waals surface area contributed by atoms with E-state index in [4.69, 9.17) is 9.88 Å². The molecule has 0 spiro atoms. The van der Waals surface area contributed by atoms with Gasteiger partial charge in [-0.05, 0) is 35.9 Å². The molecule has 0 bridgehead atoms. The molecule has 30 heavy (non-hydrogen) atoms. The smallest absolute Gasteiger partial charge is 0.238 e. The van der Waals surface area contributed by atoms with E-state index in [0.29, 0.717) is 23.8 Å². The van der Waals surface area contributed by atoms with Crippen molar-refractivity contribution in [3.05, 3.63) is 66.6 Å². The van der Waals surface area contributed by atoms with Crippen molar-refractivity contribution >= 4 is 21.5 Å². The van der Waals surface area contributed by atoms with Crippen LogP contribution in [0.5, 0.6) is 11.5 Å². The van der Waals surface area contributed by atoms with Crippen LogP contribution in [0.1, 0.15) is 5.56 Å². The molecule has 0 saturated heterocycles. The summed E-state index contributed by atoms with van der Waals surface area (Å²) >= 11 is 0. The second kappa shape index (κ2) is 7.65. The quantitative estimate of drug-likeness (QED) is 0.432. The van der Waals surface area contributed by atoms with Crippen LogP contribution in [-0.2, 0) is 16.6 Å². The molecule has 0 atom stereocenters. The Morgan fingerprint density at radius 1 is 1.20 bits per heavy atom. The molecule has 4 rings (SSSR count). The SMILES string of the molecule is COc1cc(-c2cnc3c(NCc4cccc(S(N)(=O)=O)c4)nccn23)ccc1O. The van der Waals surface area contributed by atoms with E-state index < -0.39 is 10.0 Å². The van der Waals surface area contributed by atoms with Gasteiger partial charge in [-0.25, -0.2) is 23.5 Å². The number of benzene rings is 2. The minimum Gasteiger partial charge on any atom is -0.504 e. The highest BCUT2D eigenvalue weighted by atomic mass is 32.2. The molecule has 2 aromatic carbocycles. The van der Waals surface area contributed by atoms with Gasteiger partial charge < -0.3 is 15.2 Å². The molecule has 10 heteroatoms. The number of hydrogen-bond acceptors (Lipinski definition) is 7. The van der Waals surface area contributed by atoms with Crippen LogP contribution in [0.4, 0.5) is 5.82 Å². The average Bonchev–Trinajstić information content (AvgIpc) is 3.17. The number of phenolic OH excluding ortho intramolecular Hbond substituents is 1. The van der Waals surface area contributed by atoms with Crippen molar-refractivity contribution in [2.45, 2.75) is 11.4 Å². The predicted octanol–water partition coefficient (Wildman–Crippen LogP) is 2.37. The van der Waals surface area contributed by atoms with Crippen molar-refractivity contribution in [1.29, 1.82) is 0 Å². The maximum Gasteiger partial charge on any atom is 0.238 e. The Balaban J connectivity index is 1.64. The first kappa shape index (κ1) is 19.7. The van der Waals surface area contributed by atoms with Crippen LogP contribution in [0.3, 0.4) is 0 Å². The van der Waals surface area contributed by atoms with E-state index >= 15 is 0 Å². The van der Waals surface area contributed by atoms with Gasteiger partial charge in [-0.1, -0.05) is 12.1 Å². The number of aromatic hydroxyl groups is 1. The van der Waals surface area contributed by atoms with Crippen molar-refractivity contribution < 1.29 is 18.3 Å². The number of hydrogen-bond donors (Lipinski definition) is 3. The molecule has 0 aliphatic heterocycles. The minimum absolute atomic E-state index is 0.0531. The lowest BCUT2D eigenvalue weighted by Gasteiger charge is -2.09. The van der Waals surface area contributed by atoms with Crippen LogP contribution in [0, 0.1) is 0 Å². The highest BCUT2D eigenvalue weighted by Crippen LogP contribution is 2.32. The van der Waals surface area contributed by atoms with Gasteiger partial charge in [0.15, 0.2) is 23.0 Å². The Bertz CT molecular complexity index is 1330. The maximum atomic E-state index is 11.5. The molecule has 0 aliphatic carbocycles. The molecule has 2 heterocycles. The second-order valence-corrected chi connectivity index (χ2v) is 8.11. The average molecular weight is 425 g/mol. The number of phenols is 1. The molecule has 0 radical (unpaired) electrons.